The van der Waals surface area contributed by atoms with E-state index in [9.17, 15) is 4.79 Å². The minimum absolute atomic E-state index is 0.302. The molecule has 0 N–H and O–H groups in total. The van der Waals surface area contributed by atoms with Gasteiger partial charge >= 0.3 is 0 Å². The molecule has 2 aromatic rings. The van der Waals surface area contributed by atoms with E-state index >= 15 is 0 Å². The van der Waals surface area contributed by atoms with Gasteiger partial charge in [-0.3, -0.25) is 9.78 Å². The van der Waals surface area contributed by atoms with Crippen molar-refractivity contribution in [1.82, 2.24) is 9.88 Å². The van der Waals surface area contributed by atoms with Gasteiger partial charge in [0, 0.05) is 31.9 Å². The van der Waals surface area contributed by atoms with E-state index in [0.717, 1.165) is 38.8 Å². The molecule has 3 nitrogen and oxygen atoms in total. The summed E-state index contributed by atoms with van der Waals surface area (Å²) in [5, 5.41) is 0. The Balaban J connectivity index is 1.42. The third kappa shape index (κ3) is 4.65. The molecular formula is C20H24N2O. The van der Waals surface area contributed by atoms with Gasteiger partial charge in [-0.15, -0.1) is 0 Å². The second-order valence-electron chi connectivity index (χ2n) is 6.37. The first-order valence-corrected chi connectivity index (χ1v) is 8.52. The van der Waals surface area contributed by atoms with Gasteiger partial charge in [0.1, 0.15) is 0 Å². The van der Waals surface area contributed by atoms with Gasteiger partial charge in [0.05, 0.1) is 0 Å². The van der Waals surface area contributed by atoms with Crippen molar-refractivity contribution in [3.63, 3.8) is 0 Å². The summed E-state index contributed by atoms with van der Waals surface area (Å²) in [4.78, 5) is 18.5. The minimum atomic E-state index is 0.302. The van der Waals surface area contributed by atoms with Crippen LogP contribution >= 0.6 is 0 Å². The Bertz CT molecular complexity index is 604. The van der Waals surface area contributed by atoms with E-state index in [4.69, 9.17) is 0 Å². The fourth-order valence-corrected chi connectivity index (χ4v) is 3.29. The lowest BCUT2D eigenvalue weighted by Gasteiger charge is -2.32. The van der Waals surface area contributed by atoms with Crippen LogP contribution in [0.15, 0.2) is 54.9 Å². The van der Waals surface area contributed by atoms with Crippen LogP contribution in [-0.2, 0) is 17.6 Å². The quantitative estimate of drug-likeness (QED) is 0.847. The molecule has 1 fully saturated rings. The summed E-state index contributed by atoms with van der Waals surface area (Å²) >= 11 is 0. The molecule has 0 unspecified atom stereocenters. The summed E-state index contributed by atoms with van der Waals surface area (Å²) in [5.74, 6) is 0.992. The van der Waals surface area contributed by atoms with Crippen molar-refractivity contribution in [1.29, 1.82) is 0 Å². The van der Waals surface area contributed by atoms with E-state index < -0.39 is 0 Å². The second-order valence-corrected chi connectivity index (χ2v) is 6.37. The number of benzene rings is 1. The zero-order chi connectivity index (χ0) is 15.9. The highest BCUT2D eigenvalue weighted by molar-refractivity contribution is 5.76. The monoisotopic (exact) mass is 308 g/mol. The molecule has 0 saturated carbocycles. The molecule has 120 valence electrons. The molecule has 3 rings (SSSR count). The number of likely N-dealkylation sites (tertiary alicyclic amines) is 1. The number of pyridine rings is 1. The fraction of sp³-hybridized carbons (Fsp3) is 0.400. The fourth-order valence-electron chi connectivity index (χ4n) is 3.29. The first-order valence-electron chi connectivity index (χ1n) is 8.52. The van der Waals surface area contributed by atoms with E-state index in [1.807, 2.05) is 35.5 Å². The zero-order valence-corrected chi connectivity index (χ0v) is 13.5. The van der Waals surface area contributed by atoms with Gasteiger partial charge < -0.3 is 4.90 Å². The SMILES string of the molecule is O=C(CCc1ccccc1)N1CCC(Cc2ccncc2)CC1. The highest BCUT2D eigenvalue weighted by Gasteiger charge is 2.22. The Labute approximate surface area is 138 Å². The van der Waals surface area contributed by atoms with Gasteiger partial charge in [-0.2, -0.15) is 0 Å². The molecule has 23 heavy (non-hydrogen) atoms. The van der Waals surface area contributed by atoms with Crippen LogP contribution in [0.4, 0.5) is 0 Å². The first-order chi connectivity index (χ1) is 11.3. The second kappa shape index (κ2) is 7.91. The van der Waals surface area contributed by atoms with E-state index in [-0.39, 0.29) is 0 Å². The third-order valence-electron chi connectivity index (χ3n) is 4.71. The van der Waals surface area contributed by atoms with Gasteiger partial charge in [0.15, 0.2) is 0 Å². The lowest BCUT2D eigenvalue weighted by Crippen LogP contribution is -2.39. The van der Waals surface area contributed by atoms with Gasteiger partial charge in [-0.25, -0.2) is 0 Å². The summed E-state index contributed by atoms with van der Waals surface area (Å²) in [6, 6.07) is 14.4. The highest BCUT2D eigenvalue weighted by Crippen LogP contribution is 2.22. The first kappa shape index (κ1) is 15.7. The highest BCUT2D eigenvalue weighted by atomic mass is 16.2. The number of amides is 1. The van der Waals surface area contributed by atoms with Crippen LogP contribution in [-0.4, -0.2) is 28.9 Å². The molecule has 0 atom stereocenters. The number of hydrogen-bond donors (Lipinski definition) is 0. The van der Waals surface area contributed by atoms with Crippen molar-refractivity contribution in [2.75, 3.05) is 13.1 Å². The predicted molar refractivity (Wildman–Crippen MR) is 92.0 cm³/mol. The maximum absolute atomic E-state index is 12.4. The molecule has 1 aromatic heterocycles. The average molecular weight is 308 g/mol. The Morgan fingerprint density at radius 1 is 1.00 bits per heavy atom. The number of carbonyl (C=O) groups is 1. The van der Waals surface area contributed by atoms with E-state index in [0.29, 0.717) is 18.2 Å². The van der Waals surface area contributed by atoms with Crippen LogP contribution in [0.2, 0.25) is 0 Å². The Morgan fingerprint density at radius 3 is 2.39 bits per heavy atom. The maximum Gasteiger partial charge on any atom is 0.222 e. The summed E-state index contributed by atoms with van der Waals surface area (Å²) in [6.45, 7) is 1.81. The number of aryl methyl sites for hydroxylation is 1. The Morgan fingerprint density at radius 2 is 1.70 bits per heavy atom. The molecule has 2 heterocycles. The maximum atomic E-state index is 12.4. The number of rotatable bonds is 5. The van der Waals surface area contributed by atoms with Crippen molar-refractivity contribution < 1.29 is 4.79 Å². The summed E-state index contributed by atoms with van der Waals surface area (Å²) in [6.07, 6.45) is 8.51. The number of hydrogen-bond acceptors (Lipinski definition) is 2. The number of piperidine rings is 1. The van der Waals surface area contributed by atoms with Crippen molar-refractivity contribution in [3.05, 3.63) is 66.0 Å². The molecule has 3 heteroatoms. The van der Waals surface area contributed by atoms with E-state index in [2.05, 4.69) is 29.2 Å². The normalized spacial score (nSPS) is 15.6. The van der Waals surface area contributed by atoms with Crippen LogP contribution in [0, 0.1) is 5.92 Å². The molecule has 0 spiro atoms. The summed E-state index contributed by atoms with van der Waals surface area (Å²) < 4.78 is 0. The molecule has 1 saturated heterocycles. The minimum Gasteiger partial charge on any atom is -0.343 e. The lowest BCUT2D eigenvalue weighted by molar-refractivity contribution is -0.132. The van der Waals surface area contributed by atoms with Crippen molar-refractivity contribution in [3.8, 4) is 0 Å². The molecule has 0 bridgehead atoms. The van der Waals surface area contributed by atoms with Crippen molar-refractivity contribution in [2.45, 2.75) is 32.1 Å². The van der Waals surface area contributed by atoms with Gasteiger partial charge in [-0.1, -0.05) is 30.3 Å². The molecule has 0 aliphatic carbocycles. The summed E-state index contributed by atoms with van der Waals surface area (Å²) in [7, 11) is 0. The average Bonchev–Trinajstić information content (AvgIpc) is 2.62. The van der Waals surface area contributed by atoms with Crippen LogP contribution in [0.1, 0.15) is 30.4 Å². The molecule has 1 aromatic carbocycles. The van der Waals surface area contributed by atoms with Crippen LogP contribution < -0.4 is 0 Å². The Kier molecular flexibility index (Phi) is 5.41. The van der Waals surface area contributed by atoms with Gasteiger partial charge in [-0.05, 0) is 54.9 Å². The summed E-state index contributed by atoms with van der Waals surface area (Å²) in [5.41, 5.74) is 2.60. The molecule has 1 amide bonds. The smallest absolute Gasteiger partial charge is 0.222 e. The van der Waals surface area contributed by atoms with Crippen LogP contribution in [0.3, 0.4) is 0 Å². The van der Waals surface area contributed by atoms with Gasteiger partial charge in [0.25, 0.3) is 0 Å². The standard InChI is InChI=1S/C20H24N2O/c23-20(7-6-17-4-2-1-3-5-17)22-14-10-19(11-15-22)16-18-8-12-21-13-9-18/h1-5,8-9,12-13,19H,6-7,10-11,14-16H2. The molecular weight excluding hydrogens is 284 g/mol. The molecule has 1 aliphatic rings. The van der Waals surface area contributed by atoms with E-state index in [1.165, 1.54) is 11.1 Å². The van der Waals surface area contributed by atoms with Crippen LogP contribution in [0.25, 0.3) is 0 Å². The van der Waals surface area contributed by atoms with Crippen molar-refractivity contribution >= 4 is 5.91 Å². The topological polar surface area (TPSA) is 33.2 Å². The Hall–Kier alpha value is -2.16. The van der Waals surface area contributed by atoms with E-state index in [1.54, 1.807) is 0 Å². The molecule has 1 aliphatic heterocycles. The zero-order valence-electron chi connectivity index (χ0n) is 13.5. The predicted octanol–water partition coefficient (Wildman–Crippen LogP) is 3.50. The third-order valence-corrected chi connectivity index (χ3v) is 4.71. The number of nitrogens with zero attached hydrogens (tertiary/aromatic N) is 2. The largest absolute Gasteiger partial charge is 0.343 e. The van der Waals surface area contributed by atoms with Crippen molar-refractivity contribution in [2.24, 2.45) is 5.92 Å². The molecule has 0 radical (unpaired) electrons. The number of aromatic nitrogens is 1. The lowest BCUT2D eigenvalue weighted by atomic mass is 9.90. The van der Waals surface area contributed by atoms with Gasteiger partial charge in [0.2, 0.25) is 5.91 Å². The van der Waals surface area contributed by atoms with Crippen LogP contribution in [0.5, 0.6) is 0 Å². The number of carbonyl (C=O) groups excluding carboxylic acids is 1.